The third-order valence-electron chi connectivity index (χ3n) is 4.84. The summed E-state index contributed by atoms with van der Waals surface area (Å²) in [7, 11) is -5.28. The lowest BCUT2D eigenvalue weighted by atomic mass is 10.1. The summed E-state index contributed by atoms with van der Waals surface area (Å²) in [5, 5.41) is -6.78. The lowest BCUT2D eigenvalue weighted by Gasteiger charge is -2.35. The van der Waals surface area contributed by atoms with Crippen LogP contribution in [-0.2, 0) is 24.2 Å². The fraction of sp³-hybridized carbons (Fsp3) is 1.00. The van der Waals surface area contributed by atoms with Gasteiger partial charge in [0.2, 0.25) is 0 Å². The van der Waals surface area contributed by atoms with Crippen molar-refractivity contribution in [1.82, 2.24) is 9.21 Å². The minimum atomic E-state index is -7.32. The molecular weight excluding hydrogens is 527 g/mol. The van der Waals surface area contributed by atoms with E-state index in [0.29, 0.717) is 13.1 Å². The normalized spacial score (nSPS) is 14.3. The molecule has 35 heavy (non-hydrogen) atoms. The Hall–Kier alpha value is -0.880. The van der Waals surface area contributed by atoms with Crippen LogP contribution >= 0.6 is 0 Å². The molecule has 0 spiro atoms. The zero-order chi connectivity index (χ0) is 27.6. The molecule has 0 saturated heterocycles. The highest BCUT2D eigenvalue weighted by atomic mass is 32.2. The van der Waals surface area contributed by atoms with E-state index in [1.807, 2.05) is 0 Å². The van der Waals surface area contributed by atoms with Crippen LogP contribution in [0, 0.1) is 0 Å². The maximum absolute atomic E-state index is 14.3. The van der Waals surface area contributed by atoms with Crippen molar-refractivity contribution < 1.29 is 62.1 Å². The first kappa shape index (κ1) is 34.1. The van der Waals surface area contributed by atoms with E-state index in [9.17, 15) is 47.9 Å². The Morgan fingerprint density at radius 2 is 1.17 bits per heavy atom. The standard InChI is InChI=1S/C18H31F9N2O5S/c1-4-28(5-2)7-6-8-29(9-10-33-13-14-34-12-11-32-3)35(30,31)18(26,27)16(21,22)15(19,20)17(23,24)25/h4-14H2,1-3H3. The second kappa shape index (κ2) is 14.2. The summed E-state index contributed by atoms with van der Waals surface area (Å²) in [4.78, 5) is 1.73. The van der Waals surface area contributed by atoms with Gasteiger partial charge in [0.1, 0.15) is 0 Å². The molecule has 0 saturated carbocycles. The third kappa shape index (κ3) is 8.59. The van der Waals surface area contributed by atoms with Crippen LogP contribution in [0.1, 0.15) is 20.3 Å². The van der Waals surface area contributed by atoms with E-state index in [1.54, 1.807) is 18.7 Å². The summed E-state index contributed by atoms with van der Waals surface area (Å²) in [6, 6.07) is 0. The lowest BCUT2D eigenvalue weighted by Crippen LogP contribution is -2.65. The van der Waals surface area contributed by atoms with Gasteiger partial charge in [-0.05, 0) is 26.1 Å². The van der Waals surface area contributed by atoms with Crippen molar-refractivity contribution in [2.75, 3.05) is 72.9 Å². The van der Waals surface area contributed by atoms with Gasteiger partial charge >= 0.3 is 23.3 Å². The number of alkyl halides is 9. The van der Waals surface area contributed by atoms with Gasteiger partial charge < -0.3 is 19.1 Å². The molecule has 0 atom stereocenters. The molecule has 0 fully saturated rings. The van der Waals surface area contributed by atoms with E-state index in [0.717, 1.165) is 0 Å². The van der Waals surface area contributed by atoms with Crippen LogP contribution in [0.3, 0.4) is 0 Å². The van der Waals surface area contributed by atoms with Crippen molar-refractivity contribution in [3.05, 3.63) is 0 Å². The molecule has 0 amide bonds. The van der Waals surface area contributed by atoms with E-state index >= 15 is 0 Å². The predicted octanol–water partition coefficient (Wildman–Crippen LogP) is 3.46. The van der Waals surface area contributed by atoms with Crippen molar-refractivity contribution in [2.45, 2.75) is 43.5 Å². The van der Waals surface area contributed by atoms with Gasteiger partial charge in [-0.3, -0.25) is 0 Å². The lowest BCUT2D eigenvalue weighted by molar-refractivity contribution is -0.382. The molecule has 0 aliphatic heterocycles. The van der Waals surface area contributed by atoms with Gasteiger partial charge in [0.25, 0.3) is 10.0 Å². The van der Waals surface area contributed by atoms with Crippen molar-refractivity contribution in [2.24, 2.45) is 0 Å². The Morgan fingerprint density at radius 1 is 0.686 bits per heavy atom. The topological polar surface area (TPSA) is 68.3 Å². The van der Waals surface area contributed by atoms with E-state index in [1.165, 1.54) is 7.11 Å². The molecule has 0 aromatic heterocycles. The summed E-state index contributed by atoms with van der Waals surface area (Å²) in [6.45, 7) is 2.28. The molecule has 0 bridgehead atoms. The first-order chi connectivity index (χ1) is 16.0. The quantitative estimate of drug-likeness (QED) is 0.179. The molecule has 0 rings (SSSR count). The van der Waals surface area contributed by atoms with Crippen LogP contribution in [0.2, 0.25) is 0 Å². The van der Waals surface area contributed by atoms with Gasteiger partial charge in [0, 0.05) is 20.2 Å². The number of sulfonamides is 1. The van der Waals surface area contributed by atoms with Gasteiger partial charge in [0.05, 0.1) is 33.0 Å². The van der Waals surface area contributed by atoms with E-state index in [4.69, 9.17) is 14.2 Å². The van der Waals surface area contributed by atoms with E-state index < -0.39 is 53.0 Å². The number of halogens is 9. The van der Waals surface area contributed by atoms with Crippen molar-refractivity contribution in [3.8, 4) is 0 Å². The van der Waals surface area contributed by atoms with Gasteiger partial charge in [-0.25, -0.2) is 8.42 Å². The maximum atomic E-state index is 14.3. The molecule has 0 aromatic carbocycles. The Labute approximate surface area is 198 Å². The summed E-state index contributed by atoms with van der Waals surface area (Å²) < 4.78 is 159. The Balaban J connectivity index is 5.65. The zero-order valence-corrected chi connectivity index (χ0v) is 20.3. The first-order valence-corrected chi connectivity index (χ1v) is 12.0. The highest BCUT2D eigenvalue weighted by Crippen LogP contribution is 2.55. The third-order valence-corrected chi connectivity index (χ3v) is 6.79. The molecule has 7 nitrogen and oxygen atoms in total. The number of rotatable bonds is 19. The van der Waals surface area contributed by atoms with Crippen LogP contribution in [0.4, 0.5) is 39.5 Å². The van der Waals surface area contributed by atoms with Gasteiger partial charge in [-0.1, -0.05) is 13.8 Å². The van der Waals surface area contributed by atoms with Crippen LogP contribution in [0.25, 0.3) is 0 Å². The van der Waals surface area contributed by atoms with Crippen LogP contribution in [0.5, 0.6) is 0 Å². The minimum absolute atomic E-state index is 0.0237. The molecule has 0 radical (unpaired) electrons. The molecule has 212 valence electrons. The molecule has 0 aliphatic rings. The molecule has 17 heteroatoms. The molecule has 0 N–H and O–H groups in total. The number of nitrogens with zero attached hydrogens (tertiary/aromatic N) is 2. The van der Waals surface area contributed by atoms with Crippen molar-refractivity contribution >= 4 is 10.0 Å². The molecular formula is C18H31F9N2O5S. The first-order valence-electron chi connectivity index (χ1n) is 10.5. The molecule has 0 heterocycles. The fourth-order valence-electron chi connectivity index (χ4n) is 2.68. The fourth-order valence-corrected chi connectivity index (χ4v) is 4.14. The zero-order valence-electron chi connectivity index (χ0n) is 19.5. The second-order valence-electron chi connectivity index (χ2n) is 7.17. The number of methoxy groups -OCH3 is 1. The molecule has 0 unspecified atom stereocenters. The van der Waals surface area contributed by atoms with Crippen molar-refractivity contribution in [1.29, 1.82) is 0 Å². The highest BCUT2D eigenvalue weighted by Gasteiger charge is 2.85. The van der Waals surface area contributed by atoms with E-state index in [2.05, 4.69) is 0 Å². The Kier molecular flexibility index (Phi) is 13.8. The summed E-state index contributed by atoms with van der Waals surface area (Å²) in [5.41, 5.74) is 0. The number of ether oxygens (including phenoxy) is 3. The van der Waals surface area contributed by atoms with Crippen LogP contribution in [0.15, 0.2) is 0 Å². The van der Waals surface area contributed by atoms with Gasteiger partial charge in [-0.15, -0.1) is 0 Å². The minimum Gasteiger partial charge on any atom is -0.382 e. The average molecular weight is 559 g/mol. The predicted molar refractivity (Wildman–Crippen MR) is 107 cm³/mol. The summed E-state index contributed by atoms with van der Waals surface area (Å²) in [5.74, 6) is -14.6. The summed E-state index contributed by atoms with van der Waals surface area (Å²) in [6.07, 6.45) is -7.33. The summed E-state index contributed by atoms with van der Waals surface area (Å²) >= 11 is 0. The van der Waals surface area contributed by atoms with Crippen molar-refractivity contribution in [3.63, 3.8) is 0 Å². The second-order valence-corrected chi connectivity index (χ2v) is 9.14. The smallest absolute Gasteiger partial charge is 0.382 e. The largest absolute Gasteiger partial charge is 0.460 e. The van der Waals surface area contributed by atoms with Gasteiger partial charge in [-0.2, -0.15) is 43.8 Å². The molecule has 0 aliphatic carbocycles. The Morgan fingerprint density at radius 3 is 1.63 bits per heavy atom. The van der Waals surface area contributed by atoms with Crippen LogP contribution < -0.4 is 0 Å². The van der Waals surface area contributed by atoms with Crippen LogP contribution in [-0.4, -0.2) is 114 Å². The highest BCUT2D eigenvalue weighted by molar-refractivity contribution is 7.90. The maximum Gasteiger partial charge on any atom is 0.460 e. The SMILES string of the molecule is CCN(CC)CCCN(CCOCCOCCOC)S(=O)(=O)C(F)(F)C(F)(F)C(F)(F)C(F)(F)F. The Bertz CT molecular complexity index is 705. The van der Waals surface area contributed by atoms with E-state index in [-0.39, 0.29) is 43.7 Å². The molecule has 0 aromatic rings. The number of hydrogen-bond donors (Lipinski definition) is 0. The van der Waals surface area contributed by atoms with Gasteiger partial charge in [0.15, 0.2) is 0 Å². The monoisotopic (exact) mass is 558 g/mol. The number of hydrogen-bond acceptors (Lipinski definition) is 6. The average Bonchev–Trinajstić information content (AvgIpc) is 2.75.